The Kier molecular flexibility index (Phi) is 3.24. The first kappa shape index (κ1) is 11.4. The third-order valence-corrected chi connectivity index (χ3v) is 2.04. The van der Waals surface area contributed by atoms with Crippen molar-refractivity contribution in [1.29, 1.82) is 0 Å². The van der Waals surface area contributed by atoms with Crippen LogP contribution in [-0.4, -0.2) is 12.9 Å². The number of carbonyl (C=O) groups excluding carboxylic acids is 1. The third kappa shape index (κ3) is 2.06. The molecule has 0 saturated carbocycles. The second-order valence-corrected chi connectivity index (χ2v) is 3.00. The van der Waals surface area contributed by atoms with Crippen molar-refractivity contribution in [2.24, 2.45) is 0 Å². The molecule has 0 aromatic heterocycles. The fourth-order valence-corrected chi connectivity index (χ4v) is 1.37. The number of hydrogen-bond acceptors (Lipinski definition) is 3. The molecule has 0 spiro atoms. The van der Waals surface area contributed by atoms with Crippen LogP contribution >= 0.6 is 0 Å². The predicted molar refractivity (Wildman–Crippen MR) is 52.4 cm³/mol. The predicted octanol–water partition coefficient (Wildman–Crippen LogP) is 2.42. The minimum absolute atomic E-state index is 0.0391. The molecular formula is C10H11F2NO2. The lowest BCUT2D eigenvalue weighted by atomic mass is 10.0. The lowest BCUT2D eigenvalue weighted by Crippen LogP contribution is -2.07. The summed E-state index contributed by atoms with van der Waals surface area (Å²) in [6.45, 7) is 1.19. The van der Waals surface area contributed by atoms with E-state index >= 15 is 0 Å². The molecule has 82 valence electrons. The van der Waals surface area contributed by atoms with Crippen molar-refractivity contribution in [2.45, 2.75) is 13.3 Å². The first-order valence-electron chi connectivity index (χ1n) is 4.24. The van der Waals surface area contributed by atoms with E-state index in [1.807, 2.05) is 0 Å². The van der Waals surface area contributed by atoms with Gasteiger partial charge in [-0.3, -0.25) is 4.79 Å². The molecule has 0 unspecified atom stereocenters. The zero-order chi connectivity index (χ0) is 11.6. The zero-order valence-corrected chi connectivity index (χ0v) is 8.38. The number of methoxy groups -OCH3 is 1. The molecule has 15 heavy (non-hydrogen) atoms. The van der Waals surface area contributed by atoms with Crippen LogP contribution < -0.4 is 10.5 Å². The number of alkyl halides is 2. The molecular weight excluding hydrogens is 204 g/mol. The molecule has 1 aromatic carbocycles. The van der Waals surface area contributed by atoms with E-state index in [2.05, 4.69) is 0 Å². The van der Waals surface area contributed by atoms with Gasteiger partial charge in [0.2, 0.25) is 0 Å². The van der Waals surface area contributed by atoms with Gasteiger partial charge in [0.25, 0.3) is 6.43 Å². The van der Waals surface area contributed by atoms with Crippen molar-refractivity contribution in [3.8, 4) is 5.75 Å². The molecule has 3 nitrogen and oxygen atoms in total. The number of nitrogen functional groups attached to an aromatic ring is 1. The van der Waals surface area contributed by atoms with Crippen LogP contribution in [0, 0.1) is 0 Å². The molecule has 2 N–H and O–H groups in total. The van der Waals surface area contributed by atoms with Crippen molar-refractivity contribution in [3.63, 3.8) is 0 Å². The van der Waals surface area contributed by atoms with Gasteiger partial charge < -0.3 is 10.5 Å². The molecule has 0 saturated heterocycles. The van der Waals surface area contributed by atoms with Crippen LogP contribution in [0.2, 0.25) is 0 Å². The molecule has 0 aliphatic rings. The zero-order valence-electron chi connectivity index (χ0n) is 8.38. The molecule has 0 atom stereocenters. The van der Waals surface area contributed by atoms with Crippen LogP contribution in [0.4, 0.5) is 14.5 Å². The normalized spacial score (nSPS) is 10.5. The second kappa shape index (κ2) is 4.25. The van der Waals surface area contributed by atoms with Gasteiger partial charge in [0.05, 0.1) is 18.4 Å². The summed E-state index contributed by atoms with van der Waals surface area (Å²) in [5.41, 5.74) is 4.99. The van der Waals surface area contributed by atoms with E-state index in [0.717, 1.165) is 6.07 Å². The molecule has 1 aromatic rings. The molecule has 0 bridgehead atoms. The van der Waals surface area contributed by atoms with E-state index in [4.69, 9.17) is 10.5 Å². The minimum atomic E-state index is -2.72. The monoisotopic (exact) mass is 215 g/mol. The summed E-state index contributed by atoms with van der Waals surface area (Å²) in [4.78, 5) is 11.2. The SMILES string of the molecule is COc1ccc(C(F)F)c(C(C)=O)c1N. The Morgan fingerprint density at radius 3 is 2.47 bits per heavy atom. The summed E-state index contributed by atoms with van der Waals surface area (Å²) >= 11 is 0. The molecule has 0 heterocycles. The number of anilines is 1. The maximum absolute atomic E-state index is 12.6. The second-order valence-electron chi connectivity index (χ2n) is 3.00. The Labute approximate surface area is 85.8 Å². The average Bonchev–Trinajstić information content (AvgIpc) is 2.16. The number of benzene rings is 1. The van der Waals surface area contributed by atoms with Gasteiger partial charge in [-0.05, 0) is 19.1 Å². The number of ketones is 1. The average molecular weight is 215 g/mol. The van der Waals surface area contributed by atoms with Gasteiger partial charge in [-0.2, -0.15) is 0 Å². The highest BCUT2D eigenvalue weighted by Gasteiger charge is 2.20. The summed E-state index contributed by atoms with van der Waals surface area (Å²) in [5, 5.41) is 0. The molecule has 0 fully saturated rings. The van der Waals surface area contributed by atoms with E-state index in [1.54, 1.807) is 0 Å². The van der Waals surface area contributed by atoms with Crippen LogP contribution in [0.15, 0.2) is 12.1 Å². The highest BCUT2D eigenvalue weighted by Crippen LogP contribution is 2.33. The summed E-state index contributed by atoms with van der Waals surface area (Å²) in [6, 6.07) is 2.47. The fraction of sp³-hybridized carbons (Fsp3) is 0.300. The Balaban J connectivity index is 3.44. The van der Waals surface area contributed by atoms with E-state index in [-0.39, 0.29) is 22.6 Å². The van der Waals surface area contributed by atoms with Gasteiger partial charge in [-0.25, -0.2) is 8.78 Å². The number of rotatable bonds is 3. The van der Waals surface area contributed by atoms with Gasteiger partial charge in [0.1, 0.15) is 5.75 Å². The Morgan fingerprint density at radius 2 is 2.07 bits per heavy atom. The summed E-state index contributed by atoms with van der Waals surface area (Å²) < 4.78 is 30.0. The third-order valence-electron chi connectivity index (χ3n) is 2.04. The molecule has 0 aliphatic carbocycles. The van der Waals surface area contributed by atoms with E-state index in [1.165, 1.54) is 20.1 Å². The summed E-state index contributed by atoms with van der Waals surface area (Å²) in [7, 11) is 1.36. The largest absolute Gasteiger partial charge is 0.495 e. The van der Waals surface area contributed by atoms with Gasteiger partial charge in [0.15, 0.2) is 5.78 Å². The van der Waals surface area contributed by atoms with E-state index in [9.17, 15) is 13.6 Å². The number of nitrogens with two attached hydrogens (primary N) is 1. The van der Waals surface area contributed by atoms with Crippen molar-refractivity contribution < 1.29 is 18.3 Å². The smallest absolute Gasteiger partial charge is 0.264 e. The van der Waals surface area contributed by atoms with Gasteiger partial charge >= 0.3 is 0 Å². The Bertz CT molecular complexity index is 391. The number of Topliss-reactive ketones (excluding diaryl/α,β-unsaturated/α-hetero) is 1. The van der Waals surface area contributed by atoms with Crippen molar-refractivity contribution >= 4 is 11.5 Å². The number of carbonyl (C=O) groups is 1. The van der Waals surface area contributed by atoms with Crippen LogP contribution in [0.25, 0.3) is 0 Å². The van der Waals surface area contributed by atoms with Crippen molar-refractivity contribution in [1.82, 2.24) is 0 Å². The highest BCUT2D eigenvalue weighted by molar-refractivity contribution is 6.01. The lowest BCUT2D eigenvalue weighted by molar-refractivity contribution is 0.0999. The molecule has 0 radical (unpaired) electrons. The van der Waals surface area contributed by atoms with E-state index in [0.29, 0.717) is 0 Å². The maximum Gasteiger partial charge on any atom is 0.264 e. The first-order valence-corrected chi connectivity index (χ1v) is 4.24. The quantitative estimate of drug-likeness (QED) is 0.622. The van der Waals surface area contributed by atoms with Gasteiger partial charge in [-0.1, -0.05) is 0 Å². The van der Waals surface area contributed by atoms with Gasteiger partial charge in [0, 0.05) is 5.56 Å². The summed E-state index contributed by atoms with van der Waals surface area (Å²) in [6.07, 6.45) is -2.72. The topological polar surface area (TPSA) is 52.3 Å². The van der Waals surface area contributed by atoms with Crippen LogP contribution in [0.5, 0.6) is 5.75 Å². The highest BCUT2D eigenvalue weighted by atomic mass is 19.3. The Hall–Kier alpha value is -1.65. The number of ether oxygens (including phenoxy) is 1. The van der Waals surface area contributed by atoms with Crippen LogP contribution in [-0.2, 0) is 0 Å². The molecule has 0 amide bonds. The van der Waals surface area contributed by atoms with Crippen molar-refractivity contribution in [3.05, 3.63) is 23.3 Å². The first-order chi connectivity index (χ1) is 6.99. The van der Waals surface area contributed by atoms with Crippen molar-refractivity contribution in [2.75, 3.05) is 12.8 Å². The minimum Gasteiger partial charge on any atom is -0.495 e. The number of halogens is 2. The Morgan fingerprint density at radius 1 is 1.47 bits per heavy atom. The van der Waals surface area contributed by atoms with Crippen LogP contribution in [0.1, 0.15) is 29.3 Å². The molecule has 0 aliphatic heterocycles. The lowest BCUT2D eigenvalue weighted by Gasteiger charge is -2.12. The summed E-state index contributed by atoms with van der Waals surface area (Å²) in [5.74, 6) is -0.272. The maximum atomic E-state index is 12.6. The molecule has 1 rings (SSSR count). The van der Waals surface area contributed by atoms with Gasteiger partial charge in [-0.15, -0.1) is 0 Å². The van der Waals surface area contributed by atoms with Crippen LogP contribution in [0.3, 0.4) is 0 Å². The standard InChI is InChI=1S/C10H11F2NO2/c1-5(14)8-6(10(11)12)3-4-7(15-2)9(8)13/h3-4,10H,13H2,1-2H3. The number of hydrogen-bond donors (Lipinski definition) is 1. The fourth-order valence-electron chi connectivity index (χ4n) is 1.37. The molecule has 5 heteroatoms. The van der Waals surface area contributed by atoms with E-state index < -0.39 is 12.2 Å².